The van der Waals surface area contributed by atoms with E-state index in [-0.39, 0.29) is 16.3 Å². The Morgan fingerprint density at radius 1 is 1.55 bits per heavy atom. The largest absolute Gasteiger partial charge is 0.477 e. The molecule has 0 aliphatic rings. The monoisotopic (exact) mass is 307 g/mol. The number of pyridine rings is 1. The number of carboxylic acid groups (broad SMARTS) is 1. The average molecular weight is 307 g/mol. The molecule has 0 saturated carbocycles. The highest BCUT2D eigenvalue weighted by Gasteiger charge is 2.16. The fourth-order valence-corrected chi connectivity index (χ4v) is 3.04. The number of nitrogens with zero attached hydrogens (tertiary/aromatic N) is 3. The standard InChI is InChI=1S/C11H5N3O4S2/c12-4-7-8(14(17)18)1-2-10(13-7)20-6-3-9(11(15)16)19-5-6/h1-3,5H,(H,15,16). The lowest BCUT2D eigenvalue weighted by molar-refractivity contribution is -0.385. The number of hydrogen-bond acceptors (Lipinski definition) is 7. The lowest BCUT2D eigenvalue weighted by Crippen LogP contribution is -1.95. The Balaban J connectivity index is 2.28. The second-order valence-electron chi connectivity index (χ2n) is 3.44. The van der Waals surface area contributed by atoms with E-state index in [0.717, 1.165) is 23.1 Å². The van der Waals surface area contributed by atoms with Crippen molar-refractivity contribution in [3.05, 3.63) is 44.3 Å². The van der Waals surface area contributed by atoms with Crippen molar-refractivity contribution in [3.8, 4) is 6.07 Å². The molecular weight excluding hydrogens is 302 g/mol. The molecular formula is C11H5N3O4S2. The minimum absolute atomic E-state index is 0.190. The maximum Gasteiger partial charge on any atom is 0.345 e. The van der Waals surface area contributed by atoms with E-state index in [1.807, 2.05) is 0 Å². The number of carbonyl (C=O) groups is 1. The number of rotatable bonds is 4. The predicted molar refractivity (Wildman–Crippen MR) is 71.0 cm³/mol. The lowest BCUT2D eigenvalue weighted by Gasteiger charge is -1.99. The van der Waals surface area contributed by atoms with E-state index in [2.05, 4.69) is 4.98 Å². The highest BCUT2D eigenvalue weighted by molar-refractivity contribution is 7.99. The molecule has 0 radical (unpaired) electrons. The summed E-state index contributed by atoms with van der Waals surface area (Å²) in [5.74, 6) is -1.02. The minimum Gasteiger partial charge on any atom is -0.477 e. The van der Waals surface area contributed by atoms with Crippen molar-refractivity contribution in [2.24, 2.45) is 0 Å². The molecule has 0 saturated heterocycles. The summed E-state index contributed by atoms with van der Waals surface area (Å²) in [6, 6.07) is 5.77. The molecule has 0 spiro atoms. The quantitative estimate of drug-likeness (QED) is 0.681. The van der Waals surface area contributed by atoms with E-state index < -0.39 is 10.9 Å². The van der Waals surface area contributed by atoms with Crippen molar-refractivity contribution >= 4 is 34.8 Å². The third-order valence-electron chi connectivity index (χ3n) is 2.16. The Morgan fingerprint density at radius 2 is 2.30 bits per heavy atom. The van der Waals surface area contributed by atoms with Crippen molar-refractivity contribution in [1.29, 1.82) is 5.26 Å². The summed E-state index contributed by atoms with van der Waals surface area (Å²) in [7, 11) is 0. The zero-order valence-electron chi connectivity index (χ0n) is 9.64. The van der Waals surface area contributed by atoms with Gasteiger partial charge in [0.1, 0.15) is 16.0 Å². The van der Waals surface area contributed by atoms with Crippen LogP contribution in [0.2, 0.25) is 0 Å². The van der Waals surface area contributed by atoms with Crippen LogP contribution in [0.5, 0.6) is 0 Å². The normalized spacial score (nSPS) is 9.95. The van der Waals surface area contributed by atoms with Crippen LogP contribution in [0.4, 0.5) is 5.69 Å². The van der Waals surface area contributed by atoms with E-state index in [9.17, 15) is 14.9 Å². The van der Waals surface area contributed by atoms with Gasteiger partial charge in [-0.2, -0.15) is 5.26 Å². The van der Waals surface area contributed by atoms with Crippen LogP contribution in [0.3, 0.4) is 0 Å². The van der Waals surface area contributed by atoms with Crippen LogP contribution in [-0.4, -0.2) is 21.0 Å². The molecule has 0 amide bonds. The van der Waals surface area contributed by atoms with Gasteiger partial charge in [-0.25, -0.2) is 9.78 Å². The summed E-state index contributed by atoms with van der Waals surface area (Å²) in [6.45, 7) is 0. The van der Waals surface area contributed by atoms with Gasteiger partial charge in [0.2, 0.25) is 5.69 Å². The molecule has 2 aromatic heterocycles. The van der Waals surface area contributed by atoms with Gasteiger partial charge in [-0.05, 0) is 12.1 Å². The summed E-state index contributed by atoms with van der Waals surface area (Å²) in [4.78, 5) is 25.5. The van der Waals surface area contributed by atoms with Crippen molar-refractivity contribution < 1.29 is 14.8 Å². The van der Waals surface area contributed by atoms with Crippen LogP contribution in [0.15, 0.2) is 33.5 Å². The Kier molecular flexibility index (Phi) is 3.97. The van der Waals surface area contributed by atoms with Gasteiger partial charge in [0, 0.05) is 16.3 Å². The Hall–Kier alpha value is -2.44. The molecule has 0 aromatic carbocycles. The number of thiophene rings is 1. The molecule has 7 nitrogen and oxygen atoms in total. The summed E-state index contributed by atoms with van der Waals surface area (Å²) in [6.07, 6.45) is 0. The number of hydrogen-bond donors (Lipinski definition) is 1. The molecule has 1 N–H and O–H groups in total. The average Bonchev–Trinajstić information content (AvgIpc) is 2.87. The molecule has 100 valence electrons. The lowest BCUT2D eigenvalue weighted by atomic mass is 10.3. The van der Waals surface area contributed by atoms with Crippen molar-refractivity contribution in [2.75, 3.05) is 0 Å². The van der Waals surface area contributed by atoms with Crippen LogP contribution < -0.4 is 0 Å². The van der Waals surface area contributed by atoms with Gasteiger partial charge >= 0.3 is 11.7 Å². The van der Waals surface area contributed by atoms with Gasteiger partial charge in [-0.1, -0.05) is 11.8 Å². The second-order valence-corrected chi connectivity index (χ2v) is 5.45. The van der Waals surface area contributed by atoms with E-state index in [0.29, 0.717) is 9.92 Å². The Bertz CT molecular complexity index is 736. The van der Waals surface area contributed by atoms with Crippen LogP contribution in [0.25, 0.3) is 0 Å². The molecule has 9 heteroatoms. The summed E-state index contributed by atoms with van der Waals surface area (Å²) >= 11 is 2.21. The Labute approximate surface area is 120 Å². The van der Waals surface area contributed by atoms with E-state index >= 15 is 0 Å². The van der Waals surface area contributed by atoms with Crippen molar-refractivity contribution in [2.45, 2.75) is 9.92 Å². The zero-order chi connectivity index (χ0) is 14.7. The molecule has 0 unspecified atom stereocenters. The number of nitriles is 1. The second kappa shape index (κ2) is 5.68. The highest BCUT2D eigenvalue weighted by Crippen LogP contribution is 2.31. The highest BCUT2D eigenvalue weighted by atomic mass is 32.2. The smallest absolute Gasteiger partial charge is 0.345 e. The maximum atomic E-state index is 10.8. The molecule has 0 fully saturated rings. The third-order valence-corrected chi connectivity index (χ3v) is 4.13. The molecule has 0 aliphatic heterocycles. The predicted octanol–water partition coefficient (Wildman–Crippen LogP) is 2.77. The number of aromatic nitrogens is 1. The number of carboxylic acids is 1. The Morgan fingerprint density at radius 3 is 2.85 bits per heavy atom. The van der Waals surface area contributed by atoms with Gasteiger partial charge in [0.25, 0.3) is 0 Å². The zero-order valence-corrected chi connectivity index (χ0v) is 11.3. The minimum atomic E-state index is -1.02. The first-order chi connectivity index (χ1) is 9.51. The number of nitro groups is 1. The van der Waals surface area contributed by atoms with E-state index in [1.165, 1.54) is 18.2 Å². The SMILES string of the molecule is N#Cc1nc(Sc2csc(C(=O)O)c2)ccc1[N+](=O)[O-]. The molecule has 0 aliphatic carbocycles. The van der Waals surface area contributed by atoms with Gasteiger partial charge in [0.05, 0.1) is 4.92 Å². The summed E-state index contributed by atoms with van der Waals surface area (Å²) in [5, 5.41) is 30.3. The van der Waals surface area contributed by atoms with Crippen LogP contribution in [0, 0.1) is 21.4 Å². The van der Waals surface area contributed by atoms with Crippen molar-refractivity contribution in [1.82, 2.24) is 4.98 Å². The van der Waals surface area contributed by atoms with Crippen LogP contribution in [0.1, 0.15) is 15.4 Å². The van der Waals surface area contributed by atoms with Crippen LogP contribution in [-0.2, 0) is 0 Å². The molecule has 0 atom stereocenters. The first-order valence-corrected chi connectivity index (χ1v) is 6.76. The van der Waals surface area contributed by atoms with Gasteiger partial charge < -0.3 is 5.11 Å². The van der Waals surface area contributed by atoms with E-state index in [4.69, 9.17) is 10.4 Å². The molecule has 20 heavy (non-hydrogen) atoms. The fraction of sp³-hybridized carbons (Fsp3) is 0. The first kappa shape index (κ1) is 14.0. The topological polar surface area (TPSA) is 117 Å². The fourth-order valence-electron chi connectivity index (χ4n) is 1.33. The maximum absolute atomic E-state index is 10.8. The summed E-state index contributed by atoms with van der Waals surface area (Å²) < 4.78 is 0. The first-order valence-electron chi connectivity index (χ1n) is 5.06. The molecule has 2 aromatic rings. The van der Waals surface area contributed by atoms with Crippen LogP contribution >= 0.6 is 23.1 Å². The van der Waals surface area contributed by atoms with E-state index in [1.54, 1.807) is 11.4 Å². The van der Waals surface area contributed by atoms with Gasteiger partial charge in [0.15, 0.2) is 0 Å². The van der Waals surface area contributed by atoms with Gasteiger partial charge in [-0.15, -0.1) is 11.3 Å². The third kappa shape index (κ3) is 2.93. The molecule has 2 heterocycles. The number of aromatic carboxylic acids is 1. The molecule has 0 bridgehead atoms. The van der Waals surface area contributed by atoms with Gasteiger partial charge in [-0.3, -0.25) is 10.1 Å². The summed E-state index contributed by atoms with van der Waals surface area (Å²) in [5.41, 5.74) is -0.623. The van der Waals surface area contributed by atoms with Crippen molar-refractivity contribution in [3.63, 3.8) is 0 Å². The molecule has 2 rings (SSSR count).